The maximum Gasteiger partial charge on any atom is 0.0593 e. The monoisotopic (exact) mass is 254 g/mol. The van der Waals surface area contributed by atoms with Crippen molar-refractivity contribution in [3.8, 4) is 0 Å². The minimum Gasteiger partial charge on any atom is -0.380 e. The SMILES string of the molecule is CCCCOCCN1CCC(CNC2CC2)CC1. The van der Waals surface area contributed by atoms with Gasteiger partial charge in [0, 0.05) is 19.2 Å². The molecule has 2 rings (SSSR count). The van der Waals surface area contributed by atoms with Crippen molar-refractivity contribution in [2.24, 2.45) is 5.92 Å². The molecule has 0 radical (unpaired) electrons. The fourth-order valence-electron chi connectivity index (χ4n) is 2.58. The average Bonchev–Trinajstić information content (AvgIpc) is 3.22. The summed E-state index contributed by atoms with van der Waals surface area (Å²) in [5.41, 5.74) is 0. The van der Waals surface area contributed by atoms with Gasteiger partial charge in [0.1, 0.15) is 0 Å². The Morgan fingerprint density at radius 3 is 2.56 bits per heavy atom. The fraction of sp³-hybridized carbons (Fsp3) is 1.00. The number of nitrogens with one attached hydrogen (secondary N) is 1. The lowest BCUT2D eigenvalue weighted by atomic mass is 9.97. The number of piperidine rings is 1. The number of hydrogen-bond acceptors (Lipinski definition) is 3. The van der Waals surface area contributed by atoms with E-state index in [2.05, 4.69) is 17.1 Å². The number of ether oxygens (including phenoxy) is 1. The molecule has 1 saturated heterocycles. The van der Waals surface area contributed by atoms with Crippen molar-refractivity contribution in [2.45, 2.75) is 51.5 Å². The largest absolute Gasteiger partial charge is 0.380 e. The van der Waals surface area contributed by atoms with Crippen molar-refractivity contribution in [2.75, 3.05) is 39.4 Å². The van der Waals surface area contributed by atoms with Crippen LogP contribution in [0, 0.1) is 5.92 Å². The van der Waals surface area contributed by atoms with E-state index in [0.717, 1.165) is 31.7 Å². The summed E-state index contributed by atoms with van der Waals surface area (Å²) in [6.07, 6.45) is 8.00. The average molecular weight is 254 g/mol. The van der Waals surface area contributed by atoms with Crippen LogP contribution in [-0.4, -0.2) is 50.3 Å². The van der Waals surface area contributed by atoms with E-state index in [9.17, 15) is 0 Å². The Bertz CT molecular complexity index is 211. The van der Waals surface area contributed by atoms with Gasteiger partial charge in [-0.25, -0.2) is 0 Å². The third-order valence-corrected chi connectivity index (χ3v) is 4.17. The number of nitrogens with zero attached hydrogens (tertiary/aromatic N) is 1. The predicted molar refractivity (Wildman–Crippen MR) is 75.9 cm³/mol. The van der Waals surface area contributed by atoms with Crippen LogP contribution in [0.2, 0.25) is 0 Å². The first-order valence-electron chi connectivity index (χ1n) is 7.92. The Labute approximate surface area is 112 Å². The van der Waals surface area contributed by atoms with Crippen LogP contribution in [0.3, 0.4) is 0 Å². The van der Waals surface area contributed by atoms with E-state index < -0.39 is 0 Å². The second-order valence-corrected chi connectivity index (χ2v) is 5.93. The number of likely N-dealkylation sites (tertiary alicyclic amines) is 1. The van der Waals surface area contributed by atoms with Crippen molar-refractivity contribution in [1.82, 2.24) is 10.2 Å². The van der Waals surface area contributed by atoms with Crippen LogP contribution in [0.25, 0.3) is 0 Å². The molecule has 18 heavy (non-hydrogen) atoms. The molecule has 0 spiro atoms. The first-order chi connectivity index (χ1) is 8.88. The van der Waals surface area contributed by atoms with Crippen LogP contribution in [0.1, 0.15) is 45.4 Å². The van der Waals surface area contributed by atoms with Gasteiger partial charge in [0.2, 0.25) is 0 Å². The Kier molecular flexibility index (Phi) is 6.46. The van der Waals surface area contributed by atoms with Gasteiger partial charge in [-0.2, -0.15) is 0 Å². The van der Waals surface area contributed by atoms with E-state index in [0.29, 0.717) is 0 Å². The van der Waals surface area contributed by atoms with Crippen LogP contribution in [0.4, 0.5) is 0 Å². The summed E-state index contributed by atoms with van der Waals surface area (Å²) in [7, 11) is 0. The van der Waals surface area contributed by atoms with Gasteiger partial charge < -0.3 is 15.0 Å². The van der Waals surface area contributed by atoms with Crippen LogP contribution in [-0.2, 0) is 4.74 Å². The molecule has 0 aromatic heterocycles. The molecule has 106 valence electrons. The summed E-state index contributed by atoms with van der Waals surface area (Å²) in [5.74, 6) is 0.919. The molecule has 0 unspecified atom stereocenters. The summed E-state index contributed by atoms with van der Waals surface area (Å²) >= 11 is 0. The molecule has 0 atom stereocenters. The van der Waals surface area contributed by atoms with Gasteiger partial charge in [-0.05, 0) is 57.7 Å². The summed E-state index contributed by atoms with van der Waals surface area (Å²) in [5, 5.41) is 3.66. The van der Waals surface area contributed by atoms with Crippen LogP contribution in [0.5, 0.6) is 0 Å². The number of hydrogen-bond donors (Lipinski definition) is 1. The molecular weight excluding hydrogens is 224 g/mol. The lowest BCUT2D eigenvalue weighted by molar-refractivity contribution is 0.0867. The van der Waals surface area contributed by atoms with Gasteiger partial charge in [-0.3, -0.25) is 0 Å². The Morgan fingerprint density at radius 2 is 1.89 bits per heavy atom. The molecule has 0 bridgehead atoms. The maximum atomic E-state index is 5.64. The van der Waals surface area contributed by atoms with Crippen LogP contribution < -0.4 is 5.32 Å². The highest BCUT2D eigenvalue weighted by atomic mass is 16.5. The quantitative estimate of drug-likeness (QED) is 0.639. The Hall–Kier alpha value is -0.120. The first kappa shape index (κ1) is 14.3. The summed E-state index contributed by atoms with van der Waals surface area (Å²) in [6.45, 7) is 9.01. The molecule has 3 heteroatoms. The zero-order chi connectivity index (χ0) is 12.6. The molecule has 2 fully saturated rings. The normalized spacial score (nSPS) is 22.5. The third-order valence-electron chi connectivity index (χ3n) is 4.17. The molecule has 2 aliphatic rings. The van der Waals surface area contributed by atoms with E-state index in [4.69, 9.17) is 4.74 Å². The lowest BCUT2D eigenvalue weighted by Crippen LogP contribution is -2.39. The van der Waals surface area contributed by atoms with E-state index >= 15 is 0 Å². The van der Waals surface area contributed by atoms with Crippen molar-refractivity contribution in [3.63, 3.8) is 0 Å². The highest BCUT2D eigenvalue weighted by Crippen LogP contribution is 2.21. The topological polar surface area (TPSA) is 24.5 Å². The van der Waals surface area contributed by atoms with Gasteiger partial charge in [-0.15, -0.1) is 0 Å². The van der Waals surface area contributed by atoms with E-state index in [1.165, 1.54) is 58.2 Å². The summed E-state index contributed by atoms with van der Waals surface area (Å²) in [6, 6.07) is 0.870. The molecule has 0 aromatic rings. The van der Waals surface area contributed by atoms with Crippen molar-refractivity contribution in [1.29, 1.82) is 0 Å². The van der Waals surface area contributed by atoms with E-state index in [1.807, 2.05) is 0 Å². The van der Waals surface area contributed by atoms with Crippen molar-refractivity contribution in [3.05, 3.63) is 0 Å². The standard InChI is InChI=1S/C15H30N2O/c1-2-3-11-18-12-10-17-8-6-14(7-9-17)13-16-15-4-5-15/h14-16H,2-13H2,1H3. The highest BCUT2D eigenvalue weighted by Gasteiger charge is 2.24. The molecule has 1 saturated carbocycles. The predicted octanol–water partition coefficient (Wildman–Crippen LogP) is 2.27. The molecule has 1 aliphatic carbocycles. The van der Waals surface area contributed by atoms with Gasteiger partial charge in [0.15, 0.2) is 0 Å². The van der Waals surface area contributed by atoms with Gasteiger partial charge >= 0.3 is 0 Å². The van der Waals surface area contributed by atoms with E-state index in [1.54, 1.807) is 0 Å². The van der Waals surface area contributed by atoms with Crippen LogP contribution >= 0.6 is 0 Å². The van der Waals surface area contributed by atoms with E-state index in [-0.39, 0.29) is 0 Å². The van der Waals surface area contributed by atoms with Gasteiger partial charge in [-0.1, -0.05) is 13.3 Å². The van der Waals surface area contributed by atoms with Crippen LogP contribution in [0.15, 0.2) is 0 Å². The lowest BCUT2D eigenvalue weighted by Gasteiger charge is -2.32. The second kappa shape index (κ2) is 8.13. The molecular formula is C15H30N2O. The zero-order valence-corrected chi connectivity index (χ0v) is 12.0. The number of unbranched alkanes of at least 4 members (excludes halogenated alkanes) is 1. The second-order valence-electron chi connectivity index (χ2n) is 5.93. The third kappa shape index (κ3) is 5.68. The number of rotatable bonds is 9. The molecule has 1 aliphatic heterocycles. The fourth-order valence-corrected chi connectivity index (χ4v) is 2.58. The molecule has 3 nitrogen and oxygen atoms in total. The molecule has 1 heterocycles. The molecule has 1 N–H and O–H groups in total. The molecule has 0 aromatic carbocycles. The Balaban J connectivity index is 1.45. The summed E-state index contributed by atoms with van der Waals surface area (Å²) < 4.78 is 5.64. The zero-order valence-electron chi connectivity index (χ0n) is 12.0. The maximum absolute atomic E-state index is 5.64. The highest BCUT2D eigenvalue weighted by molar-refractivity contribution is 4.83. The minimum atomic E-state index is 0.870. The minimum absolute atomic E-state index is 0.870. The van der Waals surface area contributed by atoms with Gasteiger partial charge in [0.05, 0.1) is 6.61 Å². The summed E-state index contributed by atoms with van der Waals surface area (Å²) in [4.78, 5) is 2.57. The smallest absolute Gasteiger partial charge is 0.0593 e. The molecule has 0 amide bonds. The Morgan fingerprint density at radius 1 is 1.11 bits per heavy atom. The van der Waals surface area contributed by atoms with Crippen molar-refractivity contribution < 1.29 is 4.74 Å². The first-order valence-corrected chi connectivity index (χ1v) is 7.92. The van der Waals surface area contributed by atoms with Gasteiger partial charge in [0.25, 0.3) is 0 Å². The van der Waals surface area contributed by atoms with Crippen molar-refractivity contribution >= 4 is 0 Å².